The quantitative estimate of drug-likeness (QED) is 0.786. The van der Waals surface area contributed by atoms with Crippen LogP contribution in [0.1, 0.15) is 45.4 Å². The molecule has 2 rings (SSSR count). The summed E-state index contributed by atoms with van der Waals surface area (Å²) in [6, 6.07) is 0.136. The lowest BCUT2D eigenvalue weighted by Crippen LogP contribution is -2.58. The first-order valence-electron chi connectivity index (χ1n) is 8.39. The van der Waals surface area contributed by atoms with Crippen molar-refractivity contribution in [1.29, 1.82) is 0 Å². The molecular formula is C16H29N3O3. The van der Waals surface area contributed by atoms with E-state index in [0.29, 0.717) is 19.4 Å². The van der Waals surface area contributed by atoms with Crippen molar-refractivity contribution in [2.75, 3.05) is 33.2 Å². The molecule has 0 aromatic carbocycles. The van der Waals surface area contributed by atoms with Gasteiger partial charge in [-0.3, -0.25) is 9.59 Å². The normalized spacial score (nSPS) is 25.8. The highest BCUT2D eigenvalue weighted by atomic mass is 16.3. The Morgan fingerprint density at radius 1 is 1.23 bits per heavy atom. The third-order valence-electron chi connectivity index (χ3n) is 4.95. The smallest absolute Gasteiger partial charge is 0.254 e. The summed E-state index contributed by atoms with van der Waals surface area (Å²) >= 11 is 0. The average molecular weight is 311 g/mol. The van der Waals surface area contributed by atoms with Gasteiger partial charge >= 0.3 is 0 Å². The van der Waals surface area contributed by atoms with Gasteiger partial charge in [-0.2, -0.15) is 0 Å². The molecule has 1 unspecified atom stereocenters. The topological polar surface area (TPSA) is 72.9 Å². The molecule has 0 aromatic heterocycles. The van der Waals surface area contributed by atoms with Crippen LogP contribution in [-0.2, 0) is 9.59 Å². The Morgan fingerprint density at radius 2 is 1.91 bits per heavy atom. The number of aliphatic hydroxyl groups is 1. The Hall–Kier alpha value is -1.14. The number of carbonyl (C=O) groups excluding carboxylic acids is 2. The number of amides is 2. The lowest BCUT2D eigenvalue weighted by Gasteiger charge is -2.43. The van der Waals surface area contributed by atoms with Gasteiger partial charge in [0, 0.05) is 39.1 Å². The van der Waals surface area contributed by atoms with Gasteiger partial charge in [-0.15, -0.1) is 0 Å². The Labute approximate surface area is 132 Å². The summed E-state index contributed by atoms with van der Waals surface area (Å²) in [5.74, 6) is -0.143. The standard InChI is InChI=1S/C16H29N3O3/c1-13(20)17-9-6-14-5-3-4-10-19(14)15(21)16(22)7-11-18(2)12-8-16/h14,22H,3-12H2,1-2H3,(H,17,20). The fraction of sp³-hybridized carbons (Fsp3) is 0.875. The fourth-order valence-electron chi connectivity index (χ4n) is 3.45. The number of likely N-dealkylation sites (tertiary alicyclic amines) is 2. The lowest BCUT2D eigenvalue weighted by atomic mass is 9.88. The van der Waals surface area contributed by atoms with Crippen LogP contribution in [0.5, 0.6) is 0 Å². The molecule has 0 radical (unpaired) electrons. The van der Waals surface area contributed by atoms with Gasteiger partial charge in [0.2, 0.25) is 5.91 Å². The van der Waals surface area contributed by atoms with Gasteiger partial charge < -0.3 is 20.2 Å². The number of piperidine rings is 2. The molecule has 0 aliphatic carbocycles. The number of hydrogen-bond acceptors (Lipinski definition) is 4. The van der Waals surface area contributed by atoms with Crippen molar-refractivity contribution in [2.45, 2.75) is 57.1 Å². The molecule has 0 aromatic rings. The second kappa shape index (κ2) is 7.42. The highest BCUT2D eigenvalue weighted by Gasteiger charge is 2.43. The van der Waals surface area contributed by atoms with Crippen molar-refractivity contribution in [3.8, 4) is 0 Å². The van der Waals surface area contributed by atoms with Crippen LogP contribution < -0.4 is 5.32 Å². The van der Waals surface area contributed by atoms with Crippen LogP contribution in [0.25, 0.3) is 0 Å². The monoisotopic (exact) mass is 311 g/mol. The van der Waals surface area contributed by atoms with Crippen LogP contribution in [0.3, 0.4) is 0 Å². The van der Waals surface area contributed by atoms with Crippen molar-refractivity contribution in [1.82, 2.24) is 15.1 Å². The first-order chi connectivity index (χ1) is 10.4. The van der Waals surface area contributed by atoms with Gasteiger partial charge in [-0.05, 0) is 45.6 Å². The highest BCUT2D eigenvalue weighted by Crippen LogP contribution is 2.28. The molecule has 1 atom stereocenters. The molecular weight excluding hydrogens is 282 g/mol. The van der Waals surface area contributed by atoms with Crippen molar-refractivity contribution in [3.05, 3.63) is 0 Å². The number of nitrogens with zero attached hydrogens (tertiary/aromatic N) is 2. The Balaban J connectivity index is 1.97. The molecule has 2 aliphatic rings. The van der Waals surface area contributed by atoms with Crippen LogP contribution in [0.4, 0.5) is 0 Å². The highest BCUT2D eigenvalue weighted by molar-refractivity contribution is 5.85. The zero-order chi connectivity index (χ0) is 16.2. The van der Waals surface area contributed by atoms with Crippen LogP contribution in [0.2, 0.25) is 0 Å². The minimum atomic E-state index is -1.20. The van der Waals surface area contributed by atoms with E-state index in [1.165, 1.54) is 6.92 Å². The summed E-state index contributed by atoms with van der Waals surface area (Å²) in [4.78, 5) is 27.9. The first-order valence-corrected chi connectivity index (χ1v) is 8.39. The molecule has 2 aliphatic heterocycles. The number of nitrogens with one attached hydrogen (secondary N) is 1. The van der Waals surface area contributed by atoms with E-state index >= 15 is 0 Å². The van der Waals surface area contributed by atoms with Gasteiger partial charge in [-0.25, -0.2) is 0 Å². The molecule has 2 saturated heterocycles. The van der Waals surface area contributed by atoms with E-state index in [2.05, 4.69) is 10.2 Å². The summed E-state index contributed by atoms with van der Waals surface area (Å²) in [6.07, 6.45) is 4.85. The number of hydrogen-bond donors (Lipinski definition) is 2. The second-order valence-electron chi connectivity index (χ2n) is 6.75. The van der Waals surface area contributed by atoms with E-state index in [0.717, 1.165) is 45.3 Å². The van der Waals surface area contributed by atoms with E-state index in [1.54, 1.807) is 0 Å². The van der Waals surface area contributed by atoms with Crippen LogP contribution >= 0.6 is 0 Å². The van der Waals surface area contributed by atoms with E-state index in [9.17, 15) is 14.7 Å². The molecule has 2 heterocycles. The maximum absolute atomic E-state index is 12.9. The zero-order valence-electron chi connectivity index (χ0n) is 13.8. The van der Waals surface area contributed by atoms with Crippen LogP contribution in [0.15, 0.2) is 0 Å². The number of rotatable bonds is 4. The van der Waals surface area contributed by atoms with Crippen LogP contribution in [-0.4, -0.2) is 71.6 Å². The molecule has 2 amide bonds. The predicted octanol–water partition coefficient (Wildman–Crippen LogP) is 0.350. The van der Waals surface area contributed by atoms with Crippen molar-refractivity contribution < 1.29 is 14.7 Å². The summed E-state index contributed by atoms with van der Waals surface area (Å²) in [6.45, 7) is 4.33. The summed E-state index contributed by atoms with van der Waals surface area (Å²) < 4.78 is 0. The maximum atomic E-state index is 12.9. The van der Waals surface area contributed by atoms with E-state index in [1.807, 2.05) is 11.9 Å². The summed E-state index contributed by atoms with van der Waals surface area (Å²) in [5.41, 5.74) is -1.20. The van der Waals surface area contributed by atoms with E-state index in [4.69, 9.17) is 0 Å². The fourth-order valence-corrected chi connectivity index (χ4v) is 3.45. The summed E-state index contributed by atoms with van der Waals surface area (Å²) in [5, 5.41) is 13.6. The summed E-state index contributed by atoms with van der Waals surface area (Å²) in [7, 11) is 2.02. The average Bonchev–Trinajstić information content (AvgIpc) is 2.50. The molecule has 22 heavy (non-hydrogen) atoms. The minimum Gasteiger partial charge on any atom is -0.380 e. The molecule has 0 saturated carbocycles. The van der Waals surface area contributed by atoms with Crippen molar-refractivity contribution in [2.24, 2.45) is 0 Å². The van der Waals surface area contributed by atoms with Gasteiger partial charge in [0.1, 0.15) is 5.60 Å². The minimum absolute atomic E-state index is 0.0392. The first kappa shape index (κ1) is 17.2. The largest absolute Gasteiger partial charge is 0.380 e. The molecule has 2 N–H and O–H groups in total. The SMILES string of the molecule is CC(=O)NCCC1CCCCN1C(=O)C1(O)CCN(C)CC1. The molecule has 0 spiro atoms. The van der Waals surface area contributed by atoms with E-state index in [-0.39, 0.29) is 17.9 Å². The maximum Gasteiger partial charge on any atom is 0.254 e. The molecule has 6 heteroatoms. The molecule has 2 fully saturated rings. The Morgan fingerprint density at radius 3 is 2.55 bits per heavy atom. The number of carbonyl (C=O) groups is 2. The van der Waals surface area contributed by atoms with Gasteiger partial charge in [0.25, 0.3) is 5.91 Å². The third-order valence-corrected chi connectivity index (χ3v) is 4.95. The molecule has 0 bridgehead atoms. The second-order valence-corrected chi connectivity index (χ2v) is 6.75. The lowest BCUT2D eigenvalue weighted by molar-refractivity contribution is -0.160. The van der Waals surface area contributed by atoms with Crippen molar-refractivity contribution >= 4 is 11.8 Å². The predicted molar refractivity (Wildman–Crippen MR) is 84.3 cm³/mol. The van der Waals surface area contributed by atoms with Crippen LogP contribution in [0, 0.1) is 0 Å². The van der Waals surface area contributed by atoms with E-state index < -0.39 is 5.60 Å². The Bertz CT molecular complexity index is 405. The third kappa shape index (κ3) is 4.20. The van der Waals surface area contributed by atoms with Crippen molar-refractivity contribution in [3.63, 3.8) is 0 Å². The van der Waals surface area contributed by atoms with Gasteiger partial charge in [0.05, 0.1) is 0 Å². The van der Waals surface area contributed by atoms with Gasteiger partial charge in [0.15, 0.2) is 0 Å². The Kier molecular flexibility index (Phi) is 5.81. The zero-order valence-corrected chi connectivity index (χ0v) is 13.8. The van der Waals surface area contributed by atoms with Gasteiger partial charge in [-0.1, -0.05) is 0 Å². The molecule has 126 valence electrons. The molecule has 6 nitrogen and oxygen atoms in total.